The summed E-state index contributed by atoms with van der Waals surface area (Å²) in [6, 6.07) is 11.3. The first kappa shape index (κ1) is 18.9. The van der Waals surface area contributed by atoms with Crippen LogP contribution >= 0.6 is 0 Å². The molecule has 0 radical (unpaired) electrons. The van der Waals surface area contributed by atoms with Crippen LogP contribution in [0.5, 0.6) is 0 Å². The van der Waals surface area contributed by atoms with E-state index in [1.54, 1.807) is 12.1 Å². The van der Waals surface area contributed by atoms with Crippen LogP contribution in [0, 0.1) is 24.0 Å². The van der Waals surface area contributed by atoms with E-state index in [-0.39, 0.29) is 11.4 Å². The number of nitrogens with zero attached hydrogens (tertiary/aromatic N) is 1. The molecule has 0 aliphatic heterocycles. The molecule has 2 aromatic rings. The molecule has 26 heavy (non-hydrogen) atoms. The molecule has 0 unspecified atom stereocenters. The molecule has 0 bridgehead atoms. The van der Waals surface area contributed by atoms with E-state index in [0.29, 0.717) is 11.3 Å². The van der Waals surface area contributed by atoms with Gasteiger partial charge < -0.3 is 10.6 Å². The molecule has 2 N–H and O–H groups in total. The Labute approximate surface area is 150 Å². The number of carbonyl (C=O) groups excluding carboxylic acids is 2. The molecule has 2 rings (SSSR count). The normalized spacial score (nSPS) is 11.0. The average Bonchev–Trinajstić information content (AvgIpc) is 2.58. The van der Waals surface area contributed by atoms with Crippen molar-refractivity contribution in [3.8, 4) is 0 Å². The van der Waals surface area contributed by atoms with E-state index >= 15 is 0 Å². The Kier molecular flexibility index (Phi) is 5.85. The standard InChI is InChI=1S/C19H19N3O4/c1-12-6-4-9-17(13(12)2)21-19(24)18(20-14(3)23)11-15-7-5-8-16(10-15)22(25)26/h4-11H,1-3H3,(H,20,23)(H,21,24)/b18-11-. The summed E-state index contributed by atoms with van der Waals surface area (Å²) in [5, 5.41) is 16.1. The van der Waals surface area contributed by atoms with Gasteiger partial charge in [-0.2, -0.15) is 0 Å². The number of carbonyl (C=O) groups is 2. The van der Waals surface area contributed by atoms with Gasteiger partial charge in [-0.05, 0) is 42.7 Å². The van der Waals surface area contributed by atoms with Gasteiger partial charge >= 0.3 is 0 Å². The van der Waals surface area contributed by atoms with Crippen molar-refractivity contribution in [1.29, 1.82) is 0 Å². The Morgan fingerprint density at radius 2 is 1.81 bits per heavy atom. The van der Waals surface area contributed by atoms with Crippen molar-refractivity contribution in [2.45, 2.75) is 20.8 Å². The van der Waals surface area contributed by atoms with E-state index in [2.05, 4.69) is 10.6 Å². The third-order valence-electron chi connectivity index (χ3n) is 3.80. The van der Waals surface area contributed by atoms with Crippen LogP contribution in [0.3, 0.4) is 0 Å². The van der Waals surface area contributed by atoms with Crippen molar-refractivity contribution < 1.29 is 14.5 Å². The number of anilines is 1. The summed E-state index contributed by atoms with van der Waals surface area (Å²) in [6.07, 6.45) is 1.40. The molecule has 0 spiro atoms. The van der Waals surface area contributed by atoms with Gasteiger partial charge in [0.15, 0.2) is 0 Å². The summed E-state index contributed by atoms with van der Waals surface area (Å²) in [7, 11) is 0. The molecule has 0 aromatic heterocycles. The fraction of sp³-hybridized carbons (Fsp3) is 0.158. The summed E-state index contributed by atoms with van der Waals surface area (Å²) in [5.74, 6) is -0.932. The lowest BCUT2D eigenvalue weighted by Gasteiger charge is -2.13. The monoisotopic (exact) mass is 353 g/mol. The van der Waals surface area contributed by atoms with E-state index in [0.717, 1.165) is 11.1 Å². The minimum absolute atomic E-state index is 0.00101. The first-order chi connectivity index (χ1) is 12.3. The van der Waals surface area contributed by atoms with Gasteiger partial charge in [0.05, 0.1) is 4.92 Å². The second kappa shape index (κ2) is 8.06. The Hall–Kier alpha value is -3.48. The van der Waals surface area contributed by atoms with Gasteiger partial charge in [-0.15, -0.1) is 0 Å². The van der Waals surface area contributed by atoms with Gasteiger partial charge in [-0.25, -0.2) is 0 Å². The van der Waals surface area contributed by atoms with Gasteiger partial charge in [0.25, 0.3) is 11.6 Å². The third-order valence-corrected chi connectivity index (χ3v) is 3.80. The summed E-state index contributed by atoms with van der Waals surface area (Å²) in [6.45, 7) is 5.10. The van der Waals surface area contributed by atoms with Crippen molar-refractivity contribution in [1.82, 2.24) is 5.32 Å². The van der Waals surface area contributed by atoms with E-state index in [1.807, 2.05) is 26.0 Å². The SMILES string of the molecule is CC(=O)N/C(=C\c1cccc([N+](=O)[O-])c1)C(=O)Nc1cccc(C)c1C. The maximum Gasteiger partial charge on any atom is 0.272 e. The average molecular weight is 353 g/mol. The zero-order chi connectivity index (χ0) is 19.3. The number of hydrogen-bond donors (Lipinski definition) is 2. The lowest BCUT2D eigenvalue weighted by molar-refractivity contribution is -0.384. The predicted molar refractivity (Wildman–Crippen MR) is 99.4 cm³/mol. The summed E-state index contributed by atoms with van der Waals surface area (Å²) in [4.78, 5) is 34.4. The Morgan fingerprint density at radius 3 is 2.46 bits per heavy atom. The molecule has 7 nitrogen and oxygen atoms in total. The highest BCUT2D eigenvalue weighted by atomic mass is 16.6. The molecule has 2 amide bonds. The van der Waals surface area contributed by atoms with Gasteiger partial charge in [-0.3, -0.25) is 19.7 Å². The summed E-state index contributed by atoms with van der Waals surface area (Å²) < 4.78 is 0. The molecule has 0 atom stereocenters. The lowest BCUT2D eigenvalue weighted by atomic mass is 10.1. The molecule has 134 valence electrons. The number of nitro benzene ring substituents is 1. The van der Waals surface area contributed by atoms with Crippen LogP contribution in [0.1, 0.15) is 23.6 Å². The molecular weight excluding hydrogens is 334 g/mol. The maximum absolute atomic E-state index is 12.6. The Balaban J connectivity index is 2.35. The second-order valence-electron chi connectivity index (χ2n) is 5.79. The quantitative estimate of drug-likeness (QED) is 0.489. The van der Waals surface area contributed by atoms with Gasteiger partial charge in [-0.1, -0.05) is 24.3 Å². The number of nitrogens with one attached hydrogen (secondary N) is 2. The number of aryl methyl sites for hydroxylation is 1. The van der Waals surface area contributed by atoms with E-state index < -0.39 is 16.7 Å². The minimum Gasteiger partial charge on any atom is -0.322 e. The first-order valence-corrected chi connectivity index (χ1v) is 7.89. The lowest BCUT2D eigenvalue weighted by Crippen LogP contribution is -2.29. The van der Waals surface area contributed by atoms with Crippen LogP contribution in [0.2, 0.25) is 0 Å². The molecule has 2 aromatic carbocycles. The molecule has 0 heterocycles. The number of amides is 2. The molecule has 0 saturated carbocycles. The van der Waals surface area contributed by atoms with Crippen molar-refractivity contribution in [3.63, 3.8) is 0 Å². The fourth-order valence-electron chi connectivity index (χ4n) is 2.32. The van der Waals surface area contributed by atoms with Gasteiger partial charge in [0, 0.05) is 24.7 Å². The molecule has 0 fully saturated rings. The van der Waals surface area contributed by atoms with Crippen LogP contribution in [-0.4, -0.2) is 16.7 Å². The maximum atomic E-state index is 12.6. The van der Waals surface area contributed by atoms with Crippen LogP contribution in [-0.2, 0) is 9.59 Å². The third kappa shape index (κ3) is 4.76. The molecule has 7 heteroatoms. The van der Waals surface area contributed by atoms with Crippen molar-refractivity contribution in [2.75, 3.05) is 5.32 Å². The highest BCUT2D eigenvalue weighted by Crippen LogP contribution is 2.19. The second-order valence-corrected chi connectivity index (χ2v) is 5.79. The predicted octanol–water partition coefficient (Wildman–Crippen LogP) is 3.33. The van der Waals surface area contributed by atoms with Gasteiger partial charge in [0.2, 0.25) is 5.91 Å². The van der Waals surface area contributed by atoms with Crippen molar-refractivity contribution in [2.24, 2.45) is 0 Å². The molecule has 0 aliphatic rings. The topological polar surface area (TPSA) is 101 Å². The fourth-order valence-corrected chi connectivity index (χ4v) is 2.32. The van der Waals surface area contributed by atoms with Crippen LogP contribution in [0.15, 0.2) is 48.2 Å². The minimum atomic E-state index is -0.522. The smallest absolute Gasteiger partial charge is 0.272 e. The number of hydrogen-bond acceptors (Lipinski definition) is 4. The number of rotatable bonds is 5. The largest absolute Gasteiger partial charge is 0.322 e. The van der Waals surface area contributed by atoms with E-state index in [4.69, 9.17) is 0 Å². The number of benzene rings is 2. The van der Waals surface area contributed by atoms with E-state index in [9.17, 15) is 19.7 Å². The highest BCUT2D eigenvalue weighted by molar-refractivity contribution is 6.08. The van der Waals surface area contributed by atoms with Gasteiger partial charge in [0.1, 0.15) is 5.70 Å². The van der Waals surface area contributed by atoms with E-state index in [1.165, 1.54) is 31.2 Å². The molecular formula is C19H19N3O4. The van der Waals surface area contributed by atoms with Crippen LogP contribution in [0.25, 0.3) is 6.08 Å². The zero-order valence-electron chi connectivity index (χ0n) is 14.7. The van der Waals surface area contributed by atoms with Crippen LogP contribution in [0.4, 0.5) is 11.4 Å². The Morgan fingerprint density at radius 1 is 1.12 bits per heavy atom. The van der Waals surface area contributed by atoms with Crippen LogP contribution < -0.4 is 10.6 Å². The number of non-ortho nitro benzene ring substituents is 1. The van der Waals surface area contributed by atoms with Crippen molar-refractivity contribution in [3.05, 3.63) is 75.0 Å². The summed E-state index contributed by atoms with van der Waals surface area (Å²) >= 11 is 0. The highest BCUT2D eigenvalue weighted by Gasteiger charge is 2.14. The Bertz CT molecular complexity index is 903. The van der Waals surface area contributed by atoms with Crippen molar-refractivity contribution >= 4 is 29.3 Å². The molecule has 0 saturated heterocycles. The first-order valence-electron chi connectivity index (χ1n) is 7.89. The number of nitro groups is 1. The summed E-state index contributed by atoms with van der Waals surface area (Å²) in [5.41, 5.74) is 2.89. The molecule has 0 aliphatic carbocycles. The zero-order valence-corrected chi connectivity index (χ0v) is 14.7.